The van der Waals surface area contributed by atoms with E-state index in [2.05, 4.69) is 5.32 Å². The van der Waals surface area contributed by atoms with Gasteiger partial charge in [-0.1, -0.05) is 25.7 Å². The zero-order chi connectivity index (χ0) is 12.6. The van der Waals surface area contributed by atoms with E-state index in [-0.39, 0.29) is 0 Å². The van der Waals surface area contributed by atoms with Gasteiger partial charge in [0.1, 0.15) is 0 Å². The number of methoxy groups -OCH3 is 1. The van der Waals surface area contributed by atoms with Crippen LogP contribution in [0.4, 0.5) is 0 Å². The molecule has 0 aromatic rings. The van der Waals surface area contributed by atoms with E-state index in [9.17, 15) is 10.2 Å². The molecule has 0 spiro atoms. The van der Waals surface area contributed by atoms with E-state index in [0.29, 0.717) is 19.6 Å². The fourth-order valence-corrected chi connectivity index (χ4v) is 2.43. The first-order chi connectivity index (χ1) is 8.16. The van der Waals surface area contributed by atoms with Crippen molar-refractivity contribution in [3.05, 3.63) is 0 Å². The molecule has 3 N–H and O–H groups in total. The monoisotopic (exact) mass is 245 g/mol. The van der Waals surface area contributed by atoms with Gasteiger partial charge in [0.25, 0.3) is 0 Å². The maximum absolute atomic E-state index is 10.4. The molecule has 0 aliphatic heterocycles. The molecule has 0 aromatic carbocycles. The van der Waals surface area contributed by atoms with Crippen LogP contribution < -0.4 is 5.32 Å². The third kappa shape index (κ3) is 6.36. The molecular formula is C13H27NO3. The number of aliphatic hydroxyl groups is 2. The van der Waals surface area contributed by atoms with Crippen LogP contribution in [0.1, 0.15) is 44.9 Å². The smallest absolute Gasteiger partial charge is 0.0785 e. The van der Waals surface area contributed by atoms with Crippen LogP contribution in [0, 0.1) is 0 Å². The highest BCUT2D eigenvalue weighted by Gasteiger charge is 2.27. The van der Waals surface area contributed by atoms with E-state index >= 15 is 0 Å². The van der Waals surface area contributed by atoms with Crippen LogP contribution in [-0.2, 0) is 4.74 Å². The summed E-state index contributed by atoms with van der Waals surface area (Å²) in [4.78, 5) is 0. The second kappa shape index (κ2) is 8.03. The quantitative estimate of drug-likeness (QED) is 0.463. The number of hydrogen-bond donors (Lipinski definition) is 3. The summed E-state index contributed by atoms with van der Waals surface area (Å²) in [5, 5.41) is 23.1. The van der Waals surface area contributed by atoms with Crippen LogP contribution in [0.3, 0.4) is 0 Å². The molecule has 1 aliphatic rings. The minimum Gasteiger partial charge on any atom is -0.391 e. The average molecular weight is 245 g/mol. The standard InChI is InChI=1S/C13H27NO3/c1-17-10-12(15)6-9-14-11-13(16)7-4-2-3-5-8-13/h12,14-16H,2-11H2,1H3. The lowest BCUT2D eigenvalue weighted by Gasteiger charge is -2.27. The molecule has 0 heterocycles. The molecule has 1 atom stereocenters. The molecule has 0 aromatic heterocycles. The maximum atomic E-state index is 10.4. The summed E-state index contributed by atoms with van der Waals surface area (Å²) >= 11 is 0. The van der Waals surface area contributed by atoms with Crippen LogP contribution >= 0.6 is 0 Å². The Morgan fingerprint density at radius 1 is 1.24 bits per heavy atom. The molecule has 4 heteroatoms. The zero-order valence-electron chi connectivity index (χ0n) is 11.0. The van der Waals surface area contributed by atoms with Crippen molar-refractivity contribution in [2.75, 3.05) is 26.8 Å². The number of hydrogen-bond acceptors (Lipinski definition) is 4. The minimum absolute atomic E-state index is 0.381. The van der Waals surface area contributed by atoms with E-state index in [1.165, 1.54) is 12.8 Å². The molecule has 17 heavy (non-hydrogen) atoms. The summed E-state index contributed by atoms with van der Waals surface area (Å²) < 4.78 is 4.86. The zero-order valence-corrected chi connectivity index (χ0v) is 11.0. The highest BCUT2D eigenvalue weighted by Crippen LogP contribution is 2.26. The normalized spacial score (nSPS) is 22.1. The molecule has 0 amide bonds. The Labute approximate surface area is 104 Å². The van der Waals surface area contributed by atoms with Crippen molar-refractivity contribution in [1.82, 2.24) is 5.32 Å². The van der Waals surface area contributed by atoms with Crippen LogP contribution in [0.25, 0.3) is 0 Å². The molecule has 102 valence electrons. The Morgan fingerprint density at radius 3 is 2.47 bits per heavy atom. The lowest BCUT2D eigenvalue weighted by Crippen LogP contribution is -2.41. The first-order valence-electron chi connectivity index (χ1n) is 6.76. The summed E-state index contributed by atoms with van der Waals surface area (Å²) in [5.41, 5.74) is -0.525. The highest BCUT2D eigenvalue weighted by atomic mass is 16.5. The van der Waals surface area contributed by atoms with Gasteiger partial charge in [0.15, 0.2) is 0 Å². The Kier molecular flexibility index (Phi) is 7.04. The van der Waals surface area contributed by atoms with E-state index in [1.54, 1.807) is 7.11 Å². The Hall–Kier alpha value is -0.160. The molecule has 1 unspecified atom stereocenters. The predicted molar refractivity (Wildman–Crippen MR) is 68.0 cm³/mol. The fraction of sp³-hybridized carbons (Fsp3) is 1.00. The molecule has 1 saturated carbocycles. The fourth-order valence-electron chi connectivity index (χ4n) is 2.43. The van der Waals surface area contributed by atoms with Gasteiger partial charge in [0, 0.05) is 13.7 Å². The van der Waals surface area contributed by atoms with E-state index < -0.39 is 11.7 Å². The van der Waals surface area contributed by atoms with Gasteiger partial charge < -0.3 is 20.3 Å². The lowest BCUT2D eigenvalue weighted by molar-refractivity contribution is 0.0225. The molecule has 1 rings (SSSR count). The van der Waals surface area contributed by atoms with Gasteiger partial charge in [-0.05, 0) is 25.8 Å². The Bertz CT molecular complexity index is 191. The van der Waals surface area contributed by atoms with Crippen molar-refractivity contribution in [2.45, 2.75) is 56.7 Å². The van der Waals surface area contributed by atoms with Crippen LogP contribution in [0.2, 0.25) is 0 Å². The molecule has 0 radical (unpaired) electrons. The third-order valence-electron chi connectivity index (χ3n) is 3.50. The van der Waals surface area contributed by atoms with E-state index in [0.717, 1.165) is 32.2 Å². The summed E-state index contributed by atoms with van der Waals surface area (Å²) in [5.74, 6) is 0. The number of ether oxygens (including phenoxy) is 1. The van der Waals surface area contributed by atoms with Crippen molar-refractivity contribution in [3.63, 3.8) is 0 Å². The van der Waals surface area contributed by atoms with Crippen LogP contribution in [-0.4, -0.2) is 48.7 Å². The summed E-state index contributed by atoms with van der Waals surface area (Å²) in [6.45, 7) is 1.76. The van der Waals surface area contributed by atoms with E-state index in [4.69, 9.17) is 4.74 Å². The molecule has 4 nitrogen and oxygen atoms in total. The second-order valence-electron chi connectivity index (χ2n) is 5.21. The summed E-state index contributed by atoms with van der Waals surface area (Å²) in [6.07, 6.45) is 6.82. The first-order valence-corrected chi connectivity index (χ1v) is 6.76. The second-order valence-corrected chi connectivity index (χ2v) is 5.21. The van der Waals surface area contributed by atoms with Gasteiger partial charge in [-0.2, -0.15) is 0 Å². The van der Waals surface area contributed by atoms with Gasteiger partial charge in [-0.25, -0.2) is 0 Å². The molecule has 1 fully saturated rings. The summed E-state index contributed by atoms with van der Waals surface area (Å²) in [6, 6.07) is 0. The van der Waals surface area contributed by atoms with Gasteiger partial charge >= 0.3 is 0 Å². The average Bonchev–Trinajstić information content (AvgIpc) is 2.51. The molecule has 0 bridgehead atoms. The van der Waals surface area contributed by atoms with Gasteiger partial charge in [0.05, 0.1) is 18.3 Å². The van der Waals surface area contributed by atoms with Crippen LogP contribution in [0.5, 0.6) is 0 Å². The molecular weight excluding hydrogens is 218 g/mol. The van der Waals surface area contributed by atoms with Gasteiger partial charge in [0.2, 0.25) is 0 Å². The maximum Gasteiger partial charge on any atom is 0.0785 e. The topological polar surface area (TPSA) is 61.7 Å². The molecule has 1 aliphatic carbocycles. The SMILES string of the molecule is COCC(O)CCNCC1(O)CCCCCC1. The summed E-state index contributed by atoms with van der Waals surface area (Å²) in [7, 11) is 1.59. The highest BCUT2D eigenvalue weighted by molar-refractivity contribution is 4.83. The van der Waals surface area contributed by atoms with Crippen molar-refractivity contribution < 1.29 is 14.9 Å². The lowest BCUT2D eigenvalue weighted by atomic mass is 9.94. The van der Waals surface area contributed by atoms with Crippen molar-refractivity contribution >= 4 is 0 Å². The molecule has 0 saturated heterocycles. The van der Waals surface area contributed by atoms with Gasteiger partial charge in [-0.3, -0.25) is 0 Å². The van der Waals surface area contributed by atoms with Gasteiger partial charge in [-0.15, -0.1) is 0 Å². The minimum atomic E-state index is -0.525. The largest absolute Gasteiger partial charge is 0.391 e. The number of rotatable bonds is 7. The van der Waals surface area contributed by atoms with Crippen molar-refractivity contribution in [3.8, 4) is 0 Å². The number of nitrogens with one attached hydrogen (secondary N) is 1. The Balaban J connectivity index is 2.11. The predicted octanol–water partition coefficient (Wildman–Crippen LogP) is 1.06. The Morgan fingerprint density at radius 2 is 1.88 bits per heavy atom. The van der Waals surface area contributed by atoms with Crippen molar-refractivity contribution in [2.24, 2.45) is 0 Å². The van der Waals surface area contributed by atoms with Crippen LogP contribution in [0.15, 0.2) is 0 Å². The van der Waals surface area contributed by atoms with E-state index in [1.807, 2.05) is 0 Å². The third-order valence-corrected chi connectivity index (χ3v) is 3.50. The first kappa shape index (κ1) is 14.9. The van der Waals surface area contributed by atoms with Crippen molar-refractivity contribution in [1.29, 1.82) is 0 Å². The number of aliphatic hydroxyl groups excluding tert-OH is 1.